The van der Waals surface area contributed by atoms with Crippen molar-refractivity contribution in [1.82, 2.24) is 24.9 Å². The number of aromatic nitrogens is 4. The molecule has 1 atom stereocenters. The molecule has 0 saturated carbocycles. The first-order valence-corrected chi connectivity index (χ1v) is 8.89. The van der Waals surface area contributed by atoms with Crippen molar-refractivity contribution in [2.45, 2.75) is 44.9 Å². The van der Waals surface area contributed by atoms with Crippen LogP contribution >= 0.6 is 0 Å². The molecule has 1 amide bonds. The molecule has 2 N–H and O–H groups in total. The average molecular weight is 344 g/mol. The van der Waals surface area contributed by atoms with Crippen LogP contribution in [0.25, 0.3) is 0 Å². The summed E-state index contributed by atoms with van der Waals surface area (Å²) in [5.41, 5.74) is 2.10. The van der Waals surface area contributed by atoms with E-state index in [-0.39, 0.29) is 11.3 Å². The Morgan fingerprint density at radius 2 is 2.24 bits per heavy atom. The molecule has 3 rings (SSSR count). The van der Waals surface area contributed by atoms with Crippen LogP contribution in [0.3, 0.4) is 0 Å². The van der Waals surface area contributed by atoms with Crippen LogP contribution in [-0.2, 0) is 17.3 Å². The zero-order chi connectivity index (χ0) is 18.0. The molecule has 1 saturated heterocycles. The molecular weight excluding hydrogens is 316 g/mol. The molecule has 7 nitrogen and oxygen atoms in total. The maximum Gasteiger partial charge on any atom is 0.239 e. The van der Waals surface area contributed by atoms with E-state index in [9.17, 15) is 4.79 Å². The number of aryl methyl sites for hydroxylation is 1. The van der Waals surface area contributed by atoms with E-state index in [0.29, 0.717) is 12.5 Å². The summed E-state index contributed by atoms with van der Waals surface area (Å²) >= 11 is 0. The van der Waals surface area contributed by atoms with Crippen LogP contribution in [0.4, 0.5) is 5.82 Å². The topological polar surface area (TPSA) is 78.8 Å². The molecule has 7 heteroatoms. The van der Waals surface area contributed by atoms with Gasteiger partial charge < -0.3 is 5.32 Å². The first-order chi connectivity index (χ1) is 11.8. The van der Waals surface area contributed by atoms with Crippen LogP contribution in [0.1, 0.15) is 50.9 Å². The summed E-state index contributed by atoms with van der Waals surface area (Å²) in [5, 5.41) is 14.6. The Morgan fingerprint density at radius 1 is 1.44 bits per heavy atom. The molecule has 3 heterocycles. The molecule has 2 aromatic rings. The Morgan fingerprint density at radius 3 is 2.88 bits per heavy atom. The van der Waals surface area contributed by atoms with Crippen molar-refractivity contribution >= 4 is 11.7 Å². The van der Waals surface area contributed by atoms with Gasteiger partial charge in [-0.05, 0) is 25.5 Å². The van der Waals surface area contributed by atoms with Crippen molar-refractivity contribution in [2.24, 2.45) is 7.05 Å². The highest BCUT2D eigenvalue weighted by atomic mass is 16.2. The van der Waals surface area contributed by atoms with E-state index >= 15 is 0 Å². The number of hydrogen-bond acceptors (Lipinski definition) is 4. The van der Waals surface area contributed by atoms with Crippen LogP contribution in [0.15, 0.2) is 18.3 Å². The van der Waals surface area contributed by atoms with E-state index in [1.807, 2.05) is 19.2 Å². The number of carbonyl (C=O) groups excluding carboxylic acids is 1. The van der Waals surface area contributed by atoms with Gasteiger partial charge in [0.15, 0.2) is 0 Å². The number of rotatable bonds is 4. The van der Waals surface area contributed by atoms with Crippen molar-refractivity contribution in [2.75, 3.05) is 25.0 Å². The standard InChI is InChI=1S/C18H28N6O/c1-18(2,3)15-10-16(23(4)22-15)20-17(25)12-24-9-5-6-13(11-24)14-7-8-19-21-14/h7-8,10,13H,5-6,9,11-12H2,1-4H3,(H,19,21)(H,20,25). The quantitative estimate of drug-likeness (QED) is 0.892. The molecule has 0 aliphatic carbocycles. The number of anilines is 1. The molecular formula is C18H28N6O. The number of nitrogens with one attached hydrogen (secondary N) is 2. The van der Waals surface area contributed by atoms with Gasteiger partial charge in [0, 0.05) is 42.9 Å². The number of carbonyl (C=O) groups is 1. The molecule has 1 aliphatic heterocycles. The number of likely N-dealkylation sites (tertiary alicyclic amines) is 1. The number of amides is 1. The van der Waals surface area contributed by atoms with Gasteiger partial charge in [-0.15, -0.1) is 0 Å². The van der Waals surface area contributed by atoms with Gasteiger partial charge in [-0.1, -0.05) is 20.8 Å². The molecule has 1 unspecified atom stereocenters. The third-order valence-corrected chi connectivity index (χ3v) is 4.75. The molecule has 136 valence electrons. The predicted octanol–water partition coefficient (Wildman–Crippen LogP) is 2.26. The first kappa shape index (κ1) is 17.7. The number of hydrogen-bond donors (Lipinski definition) is 2. The normalized spacial score (nSPS) is 19.1. The Kier molecular flexibility index (Phi) is 4.94. The van der Waals surface area contributed by atoms with E-state index in [1.165, 1.54) is 0 Å². The lowest BCUT2D eigenvalue weighted by Gasteiger charge is -2.31. The van der Waals surface area contributed by atoms with Crippen molar-refractivity contribution < 1.29 is 4.79 Å². The Hall–Kier alpha value is -2.15. The molecule has 0 bridgehead atoms. The highest BCUT2D eigenvalue weighted by Gasteiger charge is 2.24. The second-order valence-corrected chi connectivity index (χ2v) is 7.92. The van der Waals surface area contributed by atoms with Crippen molar-refractivity contribution in [3.63, 3.8) is 0 Å². The van der Waals surface area contributed by atoms with E-state index in [2.05, 4.69) is 46.3 Å². The fourth-order valence-electron chi connectivity index (χ4n) is 3.28. The molecule has 0 radical (unpaired) electrons. The fraction of sp³-hybridized carbons (Fsp3) is 0.611. The van der Waals surface area contributed by atoms with E-state index in [4.69, 9.17) is 0 Å². The molecule has 1 aliphatic rings. The second kappa shape index (κ2) is 7.00. The highest BCUT2D eigenvalue weighted by molar-refractivity contribution is 5.91. The largest absolute Gasteiger partial charge is 0.310 e. The van der Waals surface area contributed by atoms with E-state index < -0.39 is 0 Å². The maximum absolute atomic E-state index is 12.5. The van der Waals surface area contributed by atoms with Crippen molar-refractivity contribution in [1.29, 1.82) is 0 Å². The molecule has 0 spiro atoms. The highest BCUT2D eigenvalue weighted by Crippen LogP contribution is 2.25. The van der Waals surface area contributed by atoms with E-state index in [1.54, 1.807) is 10.9 Å². The molecule has 1 fully saturated rings. The second-order valence-electron chi connectivity index (χ2n) is 7.92. The minimum atomic E-state index is -0.0368. The summed E-state index contributed by atoms with van der Waals surface area (Å²) in [6.07, 6.45) is 4.02. The van der Waals surface area contributed by atoms with Gasteiger partial charge in [0.1, 0.15) is 5.82 Å². The summed E-state index contributed by atoms with van der Waals surface area (Å²) in [5.74, 6) is 1.18. The van der Waals surface area contributed by atoms with Gasteiger partial charge in [-0.25, -0.2) is 0 Å². The average Bonchev–Trinajstić information content (AvgIpc) is 3.18. The zero-order valence-corrected chi connectivity index (χ0v) is 15.5. The zero-order valence-electron chi connectivity index (χ0n) is 15.5. The van der Waals surface area contributed by atoms with Gasteiger partial charge in [-0.3, -0.25) is 19.5 Å². The Balaban J connectivity index is 1.58. The Bertz CT molecular complexity index is 713. The summed E-state index contributed by atoms with van der Waals surface area (Å²) < 4.78 is 1.74. The van der Waals surface area contributed by atoms with Crippen LogP contribution in [0, 0.1) is 0 Å². The summed E-state index contributed by atoms with van der Waals surface area (Å²) in [6.45, 7) is 8.59. The Labute approximate surface area is 148 Å². The van der Waals surface area contributed by atoms with Crippen molar-refractivity contribution in [3.8, 4) is 0 Å². The third kappa shape index (κ3) is 4.28. The third-order valence-electron chi connectivity index (χ3n) is 4.75. The van der Waals surface area contributed by atoms with Crippen LogP contribution in [-0.4, -0.2) is 50.4 Å². The minimum Gasteiger partial charge on any atom is -0.310 e. The summed E-state index contributed by atoms with van der Waals surface area (Å²) in [7, 11) is 1.86. The van der Waals surface area contributed by atoms with Gasteiger partial charge >= 0.3 is 0 Å². The lowest BCUT2D eigenvalue weighted by molar-refractivity contribution is -0.117. The fourth-order valence-corrected chi connectivity index (χ4v) is 3.28. The first-order valence-electron chi connectivity index (χ1n) is 8.89. The van der Waals surface area contributed by atoms with Gasteiger partial charge in [0.05, 0.1) is 12.2 Å². The van der Waals surface area contributed by atoms with Gasteiger partial charge in [-0.2, -0.15) is 10.2 Å². The number of H-pyrrole nitrogens is 1. The molecule has 0 aromatic carbocycles. The lowest BCUT2D eigenvalue weighted by atomic mass is 9.92. The SMILES string of the molecule is Cn1nc(C(C)(C)C)cc1NC(=O)CN1CCCC(c2ccn[nH]2)C1. The maximum atomic E-state index is 12.5. The van der Waals surface area contributed by atoms with Crippen LogP contribution in [0.5, 0.6) is 0 Å². The number of aromatic amines is 1. The van der Waals surface area contributed by atoms with Gasteiger partial charge in [0.2, 0.25) is 5.91 Å². The molecule has 2 aromatic heterocycles. The molecule has 25 heavy (non-hydrogen) atoms. The van der Waals surface area contributed by atoms with E-state index in [0.717, 1.165) is 43.1 Å². The smallest absolute Gasteiger partial charge is 0.239 e. The van der Waals surface area contributed by atoms with Gasteiger partial charge in [0.25, 0.3) is 0 Å². The van der Waals surface area contributed by atoms with Crippen LogP contribution in [0.2, 0.25) is 0 Å². The lowest BCUT2D eigenvalue weighted by Crippen LogP contribution is -2.40. The summed E-state index contributed by atoms with van der Waals surface area (Å²) in [6, 6.07) is 3.99. The minimum absolute atomic E-state index is 0.00807. The number of piperidine rings is 1. The number of nitrogens with zero attached hydrogens (tertiary/aromatic N) is 4. The van der Waals surface area contributed by atoms with Crippen molar-refractivity contribution in [3.05, 3.63) is 29.7 Å². The van der Waals surface area contributed by atoms with Crippen LogP contribution < -0.4 is 5.32 Å². The monoisotopic (exact) mass is 344 g/mol. The summed E-state index contributed by atoms with van der Waals surface area (Å²) in [4.78, 5) is 14.7. The predicted molar refractivity (Wildman–Crippen MR) is 97.5 cm³/mol.